The average Bonchev–Trinajstić information content (AvgIpc) is 3.01. The Morgan fingerprint density at radius 3 is 2.33 bits per heavy atom. The van der Waals surface area contributed by atoms with Gasteiger partial charge in [0.25, 0.3) is 0 Å². The Kier molecular flexibility index (Phi) is 5.33. The highest BCUT2D eigenvalue weighted by atomic mass is 16.5. The summed E-state index contributed by atoms with van der Waals surface area (Å²) < 4.78 is 15.8. The van der Waals surface area contributed by atoms with Crippen LogP contribution in [0.25, 0.3) is 0 Å². The summed E-state index contributed by atoms with van der Waals surface area (Å²) >= 11 is 0. The van der Waals surface area contributed by atoms with Gasteiger partial charge in [0.05, 0.1) is 13.2 Å². The summed E-state index contributed by atoms with van der Waals surface area (Å²) in [6, 6.07) is 15.3. The molecule has 126 valence electrons. The fraction of sp³-hybridized carbons (Fsp3) is 0.316. The lowest BCUT2D eigenvalue weighted by molar-refractivity contribution is -0.138. The number of ether oxygens (including phenoxy) is 3. The summed E-state index contributed by atoms with van der Waals surface area (Å²) in [7, 11) is 1.70. The first-order valence-electron chi connectivity index (χ1n) is 8.03. The van der Waals surface area contributed by atoms with Gasteiger partial charge in [0.2, 0.25) is 0 Å². The van der Waals surface area contributed by atoms with Gasteiger partial charge in [-0.05, 0) is 48.4 Å². The molecule has 1 fully saturated rings. The van der Waals surface area contributed by atoms with E-state index in [4.69, 9.17) is 14.2 Å². The van der Waals surface area contributed by atoms with Crippen molar-refractivity contribution in [1.82, 2.24) is 0 Å². The van der Waals surface area contributed by atoms with Crippen molar-refractivity contribution in [2.24, 2.45) is 0 Å². The highest BCUT2D eigenvalue weighted by molar-refractivity contribution is 5.80. The molecule has 2 aromatic rings. The molecule has 1 N–H and O–H groups in total. The summed E-state index contributed by atoms with van der Waals surface area (Å²) in [6.07, 6.45) is 1.59. The number of cyclic esters (lactones) is 1. The lowest BCUT2D eigenvalue weighted by Gasteiger charge is -2.11. The minimum Gasteiger partial charge on any atom is -0.464 e. The third-order valence-electron chi connectivity index (χ3n) is 3.88. The van der Waals surface area contributed by atoms with Crippen molar-refractivity contribution in [1.29, 1.82) is 0 Å². The minimum atomic E-state index is -0.253. The third-order valence-corrected chi connectivity index (χ3v) is 3.88. The molecule has 5 heteroatoms. The van der Waals surface area contributed by atoms with Gasteiger partial charge in [-0.15, -0.1) is 0 Å². The molecule has 2 aromatic carbocycles. The Balaban J connectivity index is 1.56. The van der Waals surface area contributed by atoms with Crippen LogP contribution in [0.2, 0.25) is 0 Å². The monoisotopic (exact) mass is 327 g/mol. The Morgan fingerprint density at radius 2 is 1.75 bits per heavy atom. The molecule has 1 saturated heterocycles. The van der Waals surface area contributed by atoms with E-state index in [2.05, 4.69) is 5.32 Å². The number of anilines is 1. The van der Waals surface area contributed by atoms with Gasteiger partial charge in [0.15, 0.2) is 0 Å². The number of hydrogen-bond donors (Lipinski definition) is 1. The van der Waals surface area contributed by atoms with Gasteiger partial charge in [-0.2, -0.15) is 0 Å². The largest absolute Gasteiger partial charge is 0.464 e. The van der Waals surface area contributed by atoms with E-state index >= 15 is 0 Å². The van der Waals surface area contributed by atoms with Gasteiger partial charge < -0.3 is 19.5 Å². The molecule has 0 aromatic heterocycles. The van der Waals surface area contributed by atoms with E-state index in [0.717, 1.165) is 23.6 Å². The number of carbonyl (C=O) groups excluding carboxylic acids is 1. The fourth-order valence-corrected chi connectivity index (χ4v) is 2.53. The zero-order valence-corrected chi connectivity index (χ0v) is 13.7. The van der Waals surface area contributed by atoms with Crippen LogP contribution in [0.1, 0.15) is 12.0 Å². The van der Waals surface area contributed by atoms with Crippen molar-refractivity contribution in [2.45, 2.75) is 18.9 Å². The number of benzene rings is 2. The molecule has 0 saturated carbocycles. The van der Waals surface area contributed by atoms with Crippen LogP contribution in [-0.4, -0.2) is 32.3 Å². The highest BCUT2D eigenvalue weighted by Gasteiger charge is 2.25. The lowest BCUT2D eigenvalue weighted by atomic mass is 10.1. The smallest absolute Gasteiger partial charge is 0.328 e. The molecule has 0 amide bonds. The first-order chi connectivity index (χ1) is 11.7. The Morgan fingerprint density at radius 1 is 1.08 bits per heavy atom. The van der Waals surface area contributed by atoms with Gasteiger partial charge >= 0.3 is 5.97 Å². The molecule has 0 radical (unpaired) electrons. The predicted molar refractivity (Wildman–Crippen MR) is 91.5 cm³/mol. The maximum Gasteiger partial charge on any atom is 0.328 e. The van der Waals surface area contributed by atoms with Crippen molar-refractivity contribution in [3.63, 3.8) is 0 Å². The molecule has 3 rings (SSSR count). The minimum absolute atomic E-state index is 0.191. The molecule has 1 unspecified atom stereocenters. The average molecular weight is 327 g/mol. The molecule has 24 heavy (non-hydrogen) atoms. The van der Waals surface area contributed by atoms with Crippen LogP contribution >= 0.6 is 0 Å². The zero-order chi connectivity index (χ0) is 16.8. The van der Waals surface area contributed by atoms with Crippen molar-refractivity contribution < 1.29 is 19.0 Å². The van der Waals surface area contributed by atoms with Crippen LogP contribution in [0.3, 0.4) is 0 Å². The normalized spacial score (nSPS) is 16.7. The van der Waals surface area contributed by atoms with Crippen LogP contribution < -0.4 is 10.1 Å². The van der Waals surface area contributed by atoms with E-state index in [-0.39, 0.29) is 12.0 Å². The first-order valence-corrected chi connectivity index (χ1v) is 8.03. The van der Waals surface area contributed by atoms with Crippen molar-refractivity contribution in [2.75, 3.05) is 25.6 Å². The zero-order valence-electron chi connectivity index (χ0n) is 13.7. The molecule has 1 heterocycles. The topological polar surface area (TPSA) is 56.8 Å². The number of rotatable bonds is 7. The molecule has 1 aliphatic heterocycles. The van der Waals surface area contributed by atoms with Gasteiger partial charge in [0.1, 0.15) is 17.5 Å². The molecule has 0 bridgehead atoms. The Labute approximate surface area is 141 Å². The van der Waals surface area contributed by atoms with Gasteiger partial charge in [0, 0.05) is 19.2 Å². The molecule has 5 nitrogen and oxygen atoms in total. The summed E-state index contributed by atoms with van der Waals surface area (Å²) in [6.45, 7) is 1.20. The Bertz CT molecular complexity index is 667. The van der Waals surface area contributed by atoms with Crippen molar-refractivity contribution in [3.05, 3.63) is 54.1 Å². The summed E-state index contributed by atoms with van der Waals surface area (Å²) in [5.41, 5.74) is 2.09. The number of methoxy groups -OCH3 is 1. The van der Waals surface area contributed by atoms with Gasteiger partial charge in [-0.25, -0.2) is 4.79 Å². The second-order valence-electron chi connectivity index (χ2n) is 5.67. The maximum atomic E-state index is 11.5. The SMILES string of the molecule is COCCc1ccc(Oc2ccc(NC3CCOC3=O)cc2)cc1. The number of carbonyl (C=O) groups is 1. The second kappa shape index (κ2) is 7.84. The highest BCUT2D eigenvalue weighted by Crippen LogP contribution is 2.24. The predicted octanol–water partition coefficient (Wildman–Crippen LogP) is 3.40. The van der Waals surface area contributed by atoms with E-state index in [0.29, 0.717) is 19.6 Å². The quantitative estimate of drug-likeness (QED) is 0.790. The second-order valence-corrected chi connectivity index (χ2v) is 5.67. The molecule has 0 spiro atoms. The van der Waals surface area contributed by atoms with E-state index in [1.807, 2.05) is 48.5 Å². The van der Waals surface area contributed by atoms with Gasteiger partial charge in [-0.3, -0.25) is 0 Å². The molecule has 1 atom stereocenters. The number of esters is 1. The molecular weight excluding hydrogens is 306 g/mol. The van der Waals surface area contributed by atoms with Crippen molar-refractivity contribution in [3.8, 4) is 11.5 Å². The number of nitrogens with one attached hydrogen (secondary N) is 1. The fourth-order valence-electron chi connectivity index (χ4n) is 2.53. The Hall–Kier alpha value is -2.53. The van der Waals surface area contributed by atoms with E-state index in [9.17, 15) is 4.79 Å². The maximum absolute atomic E-state index is 11.5. The summed E-state index contributed by atoms with van der Waals surface area (Å²) in [4.78, 5) is 11.5. The van der Waals surface area contributed by atoms with Crippen molar-refractivity contribution >= 4 is 11.7 Å². The standard InChI is InChI=1S/C19H21NO4/c1-22-12-10-14-2-6-16(7-3-14)24-17-8-4-15(5-9-17)20-18-11-13-23-19(18)21/h2-9,18,20H,10-13H2,1H3. The van der Waals surface area contributed by atoms with Crippen LogP contribution in [0.15, 0.2) is 48.5 Å². The van der Waals surface area contributed by atoms with Crippen LogP contribution in [0, 0.1) is 0 Å². The summed E-state index contributed by atoms with van der Waals surface area (Å²) in [5, 5.41) is 3.17. The molecule has 1 aliphatic rings. The van der Waals surface area contributed by atoms with E-state index < -0.39 is 0 Å². The molecule has 0 aliphatic carbocycles. The van der Waals surface area contributed by atoms with E-state index in [1.54, 1.807) is 7.11 Å². The molecular formula is C19H21NO4. The van der Waals surface area contributed by atoms with E-state index in [1.165, 1.54) is 5.56 Å². The first kappa shape index (κ1) is 16.3. The van der Waals surface area contributed by atoms with Crippen LogP contribution in [0.4, 0.5) is 5.69 Å². The lowest BCUT2D eigenvalue weighted by Crippen LogP contribution is -2.24. The van der Waals surface area contributed by atoms with Crippen LogP contribution in [0.5, 0.6) is 11.5 Å². The third kappa shape index (κ3) is 4.26. The number of hydrogen-bond acceptors (Lipinski definition) is 5. The summed E-state index contributed by atoms with van der Waals surface area (Å²) in [5.74, 6) is 1.35. The van der Waals surface area contributed by atoms with Crippen LogP contribution in [-0.2, 0) is 20.7 Å². The van der Waals surface area contributed by atoms with Gasteiger partial charge in [-0.1, -0.05) is 12.1 Å².